The van der Waals surface area contributed by atoms with Gasteiger partial charge in [-0.2, -0.15) is 0 Å². The molecule has 2 fully saturated rings. The molecule has 1 atom stereocenters. The highest BCUT2D eigenvalue weighted by molar-refractivity contribution is 5.69. The van der Waals surface area contributed by atoms with Crippen LogP contribution in [0.3, 0.4) is 0 Å². The number of cyclic esters (lactones) is 1. The van der Waals surface area contributed by atoms with Gasteiger partial charge in [-0.3, -0.25) is 0 Å². The van der Waals surface area contributed by atoms with Gasteiger partial charge in [0, 0.05) is 0 Å². The molecule has 1 aliphatic carbocycles. The van der Waals surface area contributed by atoms with Crippen molar-refractivity contribution in [3.63, 3.8) is 0 Å². The first-order valence-corrected chi connectivity index (χ1v) is 5.48. The number of ether oxygens (including phenoxy) is 2. The van der Waals surface area contributed by atoms with Crippen molar-refractivity contribution in [3.05, 3.63) is 0 Å². The van der Waals surface area contributed by atoms with Crippen molar-refractivity contribution < 1.29 is 14.3 Å². The normalized spacial score (nSPS) is 34.5. The molecule has 5 nitrogen and oxygen atoms in total. The van der Waals surface area contributed by atoms with E-state index in [0.29, 0.717) is 19.3 Å². The Kier molecular flexibility index (Phi) is 3.43. The zero-order valence-electron chi connectivity index (χ0n) is 8.99. The number of hydrogen-bond acceptors (Lipinski definition) is 4. The minimum absolute atomic E-state index is 0.0964. The average Bonchev–Trinajstić information content (AvgIpc) is 2.55. The Hall–Kier alpha value is -0.810. The molecule has 2 aliphatic rings. The first-order chi connectivity index (χ1) is 7.28. The van der Waals surface area contributed by atoms with Crippen molar-refractivity contribution >= 4 is 6.09 Å². The van der Waals surface area contributed by atoms with Crippen molar-refractivity contribution in [2.24, 2.45) is 5.92 Å². The summed E-state index contributed by atoms with van der Waals surface area (Å²) in [6, 6.07) is 0. The van der Waals surface area contributed by atoms with E-state index in [1.807, 2.05) is 7.05 Å². The number of rotatable bonds is 5. The van der Waals surface area contributed by atoms with E-state index >= 15 is 0 Å². The van der Waals surface area contributed by atoms with Crippen LogP contribution in [-0.2, 0) is 9.47 Å². The lowest BCUT2D eigenvalue weighted by molar-refractivity contribution is -0.0571. The molecule has 0 aromatic rings. The third-order valence-corrected chi connectivity index (χ3v) is 2.95. The van der Waals surface area contributed by atoms with Crippen LogP contribution in [0.1, 0.15) is 12.8 Å². The monoisotopic (exact) mass is 214 g/mol. The molecule has 1 heterocycles. The molecule has 1 amide bonds. The van der Waals surface area contributed by atoms with Crippen LogP contribution in [0.5, 0.6) is 0 Å². The van der Waals surface area contributed by atoms with E-state index in [1.165, 1.54) is 0 Å². The molecular weight excluding hydrogens is 196 g/mol. The number of carbonyl (C=O) groups excluding carboxylic acids is 1. The average molecular weight is 214 g/mol. The Bertz CT molecular complexity index is 229. The van der Waals surface area contributed by atoms with Crippen molar-refractivity contribution in [2.45, 2.75) is 25.0 Å². The molecule has 5 heteroatoms. The lowest BCUT2D eigenvalue weighted by Gasteiger charge is -2.35. The molecule has 1 unspecified atom stereocenters. The topological polar surface area (TPSA) is 59.6 Å². The second-order valence-corrected chi connectivity index (χ2v) is 4.26. The summed E-state index contributed by atoms with van der Waals surface area (Å²) >= 11 is 0. The molecule has 15 heavy (non-hydrogen) atoms. The summed E-state index contributed by atoms with van der Waals surface area (Å²) in [7, 11) is 1.97. The van der Waals surface area contributed by atoms with Crippen LogP contribution < -0.4 is 10.6 Å². The van der Waals surface area contributed by atoms with Gasteiger partial charge in [-0.15, -0.1) is 0 Å². The summed E-state index contributed by atoms with van der Waals surface area (Å²) in [6.45, 7) is 2.17. The molecule has 0 radical (unpaired) electrons. The van der Waals surface area contributed by atoms with Crippen LogP contribution in [-0.4, -0.2) is 45.0 Å². The minimum atomic E-state index is -0.328. The number of carbonyl (C=O) groups is 1. The van der Waals surface area contributed by atoms with E-state index in [0.717, 1.165) is 25.3 Å². The summed E-state index contributed by atoms with van der Waals surface area (Å²) in [5.74, 6) is 0.754. The van der Waals surface area contributed by atoms with Gasteiger partial charge in [0.2, 0.25) is 0 Å². The Morgan fingerprint density at radius 3 is 3.00 bits per heavy atom. The Morgan fingerprint density at radius 2 is 2.40 bits per heavy atom. The number of amides is 1. The van der Waals surface area contributed by atoms with Gasteiger partial charge in [0.15, 0.2) is 0 Å². The summed E-state index contributed by atoms with van der Waals surface area (Å²) in [4.78, 5) is 10.7. The molecule has 86 valence electrons. The second-order valence-electron chi connectivity index (χ2n) is 4.26. The van der Waals surface area contributed by atoms with Gasteiger partial charge >= 0.3 is 6.09 Å². The summed E-state index contributed by atoms with van der Waals surface area (Å²) in [6.07, 6.45) is 2.18. The molecule has 0 spiro atoms. The van der Waals surface area contributed by atoms with Crippen LogP contribution >= 0.6 is 0 Å². The number of alkyl carbamates (subject to hydrolysis) is 1. The fourth-order valence-corrected chi connectivity index (χ4v) is 2.03. The maximum absolute atomic E-state index is 10.7. The highest BCUT2D eigenvalue weighted by atomic mass is 16.6. The summed E-state index contributed by atoms with van der Waals surface area (Å²) in [5, 5.41) is 5.77. The molecule has 1 saturated heterocycles. The van der Waals surface area contributed by atoms with Crippen LogP contribution in [0.4, 0.5) is 4.79 Å². The van der Waals surface area contributed by atoms with Gasteiger partial charge in [0.25, 0.3) is 0 Å². The highest BCUT2D eigenvalue weighted by Crippen LogP contribution is 2.29. The van der Waals surface area contributed by atoms with Crippen molar-refractivity contribution in [3.8, 4) is 0 Å². The Balaban J connectivity index is 1.54. The Labute approximate surface area is 89.5 Å². The smallest absolute Gasteiger partial charge is 0.407 e. The standard InChI is InChI=1S/C10H18N2O3/c1-11-4-7-2-8(3-7)14-6-9-5-12-10(13)15-9/h7-9,11H,2-6H2,1H3,(H,12,13). The van der Waals surface area contributed by atoms with Gasteiger partial charge in [0.05, 0.1) is 19.3 Å². The molecule has 0 aromatic heterocycles. The quantitative estimate of drug-likeness (QED) is 0.682. The van der Waals surface area contributed by atoms with Gasteiger partial charge in [-0.05, 0) is 32.4 Å². The van der Waals surface area contributed by atoms with E-state index in [2.05, 4.69) is 10.6 Å². The van der Waals surface area contributed by atoms with Crippen molar-refractivity contribution in [1.82, 2.24) is 10.6 Å². The maximum Gasteiger partial charge on any atom is 0.407 e. The zero-order valence-corrected chi connectivity index (χ0v) is 8.99. The van der Waals surface area contributed by atoms with Crippen LogP contribution in [0.25, 0.3) is 0 Å². The zero-order chi connectivity index (χ0) is 10.7. The number of hydrogen-bond donors (Lipinski definition) is 2. The molecule has 0 aromatic carbocycles. The lowest BCUT2D eigenvalue weighted by Crippen LogP contribution is -2.38. The van der Waals surface area contributed by atoms with E-state index < -0.39 is 0 Å². The molecule has 0 bridgehead atoms. The predicted octanol–water partition coefficient (Wildman–Crippen LogP) is 0.109. The fourth-order valence-electron chi connectivity index (χ4n) is 2.03. The summed E-state index contributed by atoms with van der Waals surface area (Å²) in [5.41, 5.74) is 0. The largest absolute Gasteiger partial charge is 0.442 e. The molecule has 2 rings (SSSR count). The molecular formula is C10H18N2O3. The van der Waals surface area contributed by atoms with Gasteiger partial charge in [-0.1, -0.05) is 0 Å². The first-order valence-electron chi connectivity index (χ1n) is 5.48. The van der Waals surface area contributed by atoms with E-state index in [4.69, 9.17) is 9.47 Å². The van der Waals surface area contributed by atoms with Gasteiger partial charge in [-0.25, -0.2) is 4.79 Å². The number of nitrogens with one attached hydrogen (secondary N) is 2. The lowest BCUT2D eigenvalue weighted by atomic mass is 9.82. The van der Waals surface area contributed by atoms with Crippen molar-refractivity contribution in [1.29, 1.82) is 0 Å². The highest BCUT2D eigenvalue weighted by Gasteiger charge is 2.31. The van der Waals surface area contributed by atoms with Gasteiger partial charge in [0.1, 0.15) is 6.10 Å². The molecule has 2 N–H and O–H groups in total. The summed E-state index contributed by atoms with van der Waals surface area (Å²) < 4.78 is 10.6. The van der Waals surface area contributed by atoms with Crippen LogP contribution in [0.15, 0.2) is 0 Å². The second kappa shape index (κ2) is 4.81. The van der Waals surface area contributed by atoms with E-state index in [9.17, 15) is 4.79 Å². The first kappa shape index (κ1) is 10.7. The molecule has 1 saturated carbocycles. The Morgan fingerprint density at radius 1 is 1.60 bits per heavy atom. The van der Waals surface area contributed by atoms with E-state index in [-0.39, 0.29) is 12.2 Å². The third kappa shape index (κ3) is 2.82. The van der Waals surface area contributed by atoms with Crippen LogP contribution in [0, 0.1) is 5.92 Å². The third-order valence-electron chi connectivity index (χ3n) is 2.95. The molecule has 1 aliphatic heterocycles. The van der Waals surface area contributed by atoms with Gasteiger partial charge < -0.3 is 20.1 Å². The SMILES string of the molecule is CNCC1CC(OCC2CNC(=O)O2)C1. The fraction of sp³-hybridized carbons (Fsp3) is 0.900. The van der Waals surface area contributed by atoms with E-state index in [1.54, 1.807) is 0 Å². The predicted molar refractivity (Wildman–Crippen MR) is 54.7 cm³/mol. The maximum atomic E-state index is 10.7. The van der Waals surface area contributed by atoms with Crippen molar-refractivity contribution in [2.75, 3.05) is 26.7 Å². The minimum Gasteiger partial charge on any atom is -0.442 e. The van der Waals surface area contributed by atoms with Crippen LogP contribution in [0.2, 0.25) is 0 Å².